The fourth-order valence-electron chi connectivity index (χ4n) is 3.42. The molecule has 0 bridgehead atoms. The Hall–Kier alpha value is -1.03. The molecule has 1 aromatic heterocycles. The van der Waals surface area contributed by atoms with Crippen molar-refractivity contribution in [1.82, 2.24) is 15.1 Å². The Kier molecular flexibility index (Phi) is 5.46. The van der Waals surface area contributed by atoms with Crippen molar-refractivity contribution in [3.8, 4) is 5.75 Å². The lowest BCUT2D eigenvalue weighted by Crippen LogP contribution is -2.35. The Balaban J connectivity index is 2.36. The van der Waals surface area contributed by atoms with Gasteiger partial charge in [0.05, 0.1) is 19.0 Å². The van der Waals surface area contributed by atoms with Gasteiger partial charge in [0, 0.05) is 18.0 Å². The molecule has 0 amide bonds. The van der Waals surface area contributed by atoms with Crippen LogP contribution in [0.5, 0.6) is 5.75 Å². The fraction of sp³-hybridized carbons (Fsp3) is 0.812. The summed E-state index contributed by atoms with van der Waals surface area (Å²) in [7, 11) is 1.75. The quantitative estimate of drug-likeness (QED) is 0.838. The summed E-state index contributed by atoms with van der Waals surface area (Å²) in [6, 6.07) is 0.921. The number of rotatable bonds is 5. The van der Waals surface area contributed by atoms with Gasteiger partial charge in [0.2, 0.25) is 0 Å². The second-order valence-corrected chi connectivity index (χ2v) is 6.05. The molecule has 0 aromatic carbocycles. The van der Waals surface area contributed by atoms with Crippen molar-refractivity contribution >= 4 is 0 Å². The van der Waals surface area contributed by atoms with Gasteiger partial charge in [-0.1, -0.05) is 26.2 Å². The van der Waals surface area contributed by atoms with Crippen LogP contribution in [0.2, 0.25) is 0 Å². The molecule has 1 fully saturated rings. The number of methoxy groups -OCH3 is 1. The number of hydrogen-bond acceptors (Lipinski definition) is 3. The van der Waals surface area contributed by atoms with Crippen molar-refractivity contribution < 1.29 is 4.74 Å². The predicted molar refractivity (Wildman–Crippen MR) is 82.5 cm³/mol. The number of nitrogens with zero attached hydrogens (tertiary/aromatic N) is 2. The Bertz CT molecular complexity index is 414. The first-order valence-electron chi connectivity index (χ1n) is 8.03. The second-order valence-electron chi connectivity index (χ2n) is 6.05. The number of ether oxygens (including phenoxy) is 1. The first-order valence-corrected chi connectivity index (χ1v) is 8.03. The summed E-state index contributed by atoms with van der Waals surface area (Å²) in [5.41, 5.74) is 1.29. The third kappa shape index (κ3) is 3.17. The van der Waals surface area contributed by atoms with Gasteiger partial charge in [0.15, 0.2) is 5.75 Å². The number of nitrogens with one attached hydrogen (secondary N) is 1. The van der Waals surface area contributed by atoms with E-state index in [1.165, 1.54) is 37.8 Å². The number of hydrogen-bond donors (Lipinski definition) is 1. The van der Waals surface area contributed by atoms with Crippen LogP contribution in [-0.2, 0) is 0 Å². The van der Waals surface area contributed by atoms with E-state index >= 15 is 0 Å². The molecule has 4 nitrogen and oxygen atoms in total. The van der Waals surface area contributed by atoms with Crippen LogP contribution < -0.4 is 10.1 Å². The Morgan fingerprint density at radius 1 is 1.35 bits per heavy atom. The molecule has 2 unspecified atom stereocenters. The van der Waals surface area contributed by atoms with Crippen LogP contribution in [0.25, 0.3) is 0 Å². The molecule has 2 rings (SSSR count). The monoisotopic (exact) mass is 279 g/mol. The number of aromatic nitrogens is 2. The molecule has 1 N–H and O–H groups in total. The van der Waals surface area contributed by atoms with Crippen molar-refractivity contribution in [3.63, 3.8) is 0 Å². The normalized spacial score (nSPS) is 23.9. The van der Waals surface area contributed by atoms with E-state index in [0.29, 0.717) is 18.0 Å². The lowest BCUT2D eigenvalue weighted by molar-refractivity contribution is 0.357. The lowest BCUT2D eigenvalue weighted by Gasteiger charge is -2.28. The zero-order valence-corrected chi connectivity index (χ0v) is 13.4. The molecule has 1 heterocycles. The van der Waals surface area contributed by atoms with Gasteiger partial charge in [-0.05, 0) is 33.2 Å². The lowest BCUT2D eigenvalue weighted by atomic mass is 9.90. The van der Waals surface area contributed by atoms with Crippen molar-refractivity contribution in [1.29, 1.82) is 0 Å². The summed E-state index contributed by atoms with van der Waals surface area (Å²) in [5, 5.41) is 8.23. The molecule has 2 atom stereocenters. The molecule has 0 aliphatic heterocycles. The van der Waals surface area contributed by atoms with E-state index in [0.717, 1.165) is 12.3 Å². The molecule has 1 aromatic rings. The van der Waals surface area contributed by atoms with E-state index in [1.54, 1.807) is 7.11 Å². The van der Waals surface area contributed by atoms with Crippen LogP contribution in [0.15, 0.2) is 6.20 Å². The van der Waals surface area contributed by atoms with Crippen LogP contribution in [0.4, 0.5) is 0 Å². The highest BCUT2D eigenvalue weighted by Gasteiger charge is 2.30. The van der Waals surface area contributed by atoms with Gasteiger partial charge in [-0.25, -0.2) is 0 Å². The van der Waals surface area contributed by atoms with E-state index in [2.05, 4.69) is 35.9 Å². The van der Waals surface area contributed by atoms with E-state index < -0.39 is 0 Å². The molecule has 0 saturated heterocycles. The van der Waals surface area contributed by atoms with Crippen molar-refractivity contribution in [2.45, 2.75) is 70.9 Å². The first kappa shape index (κ1) is 15.4. The maximum atomic E-state index is 5.59. The molecule has 20 heavy (non-hydrogen) atoms. The van der Waals surface area contributed by atoms with Crippen molar-refractivity contribution in [2.75, 3.05) is 13.7 Å². The molecule has 0 spiro atoms. The minimum absolute atomic E-state index is 0.374. The molecular formula is C16H29N3O. The van der Waals surface area contributed by atoms with Gasteiger partial charge in [-0.2, -0.15) is 5.10 Å². The Morgan fingerprint density at radius 2 is 2.10 bits per heavy atom. The van der Waals surface area contributed by atoms with Gasteiger partial charge in [0.1, 0.15) is 0 Å². The minimum atomic E-state index is 0.374. The molecule has 0 radical (unpaired) electrons. The maximum absolute atomic E-state index is 5.59. The van der Waals surface area contributed by atoms with E-state index in [9.17, 15) is 0 Å². The topological polar surface area (TPSA) is 39.1 Å². The third-order valence-corrected chi connectivity index (χ3v) is 4.34. The molecule has 4 heteroatoms. The average Bonchev–Trinajstić information content (AvgIpc) is 2.73. The highest BCUT2D eigenvalue weighted by Crippen LogP contribution is 2.37. The van der Waals surface area contributed by atoms with E-state index in [4.69, 9.17) is 4.74 Å². The van der Waals surface area contributed by atoms with Crippen molar-refractivity contribution in [2.24, 2.45) is 0 Å². The zero-order chi connectivity index (χ0) is 14.5. The Labute approximate surface area is 122 Å². The van der Waals surface area contributed by atoms with Crippen LogP contribution in [0.3, 0.4) is 0 Å². The largest absolute Gasteiger partial charge is 0.493 e. The summed E-state index contributed by atoms with van der Waals surface area (Å²) >= 11 is 0. The maximum Gasteiger partial charge on any atom is 0.160 e. The van der Waals surface area contributed by atoms with Crippen LogP contribution in [-0.4, -0.2) is 29.5 Å². The molecule has 1 aliphatic rings. The zero-order valence-electron chi connectivity index (χ0n) is 13.4. The van der Waals surface area contributed by atoms with Gasteiger partial charge in [-0.3, -0.25) is 4.68 Å². The highest BCUT2D eigenvalue weighted by atomic mass is 16.5. The van der Waals surface area contributed by atoms with Gasteiger partial charge >= 0.3 is 0 Å². The van der Waals surface area contributed by atoms with Crippen molar-refractivity contribution in [3.05, 3.63) is 11.9 Å². The SMILES string of the molecule is CCNC1CCCCCC1c1c(OC)cnn1C(C)C. The van der Waals surface area contributed by atoms with Crippen LogP contribution >= 0.6 is 0 Å². The summed E-state index contributed by atoms with van der Waals surface area (Å²) in [5.74, 6) is 1.46. The summed E-state index contributed by atoms with van der Waals surface area (Å²) < 4.78 is 7.74. The fourth-order valence-corrected chi connectivity index (χ4v) is 3.42. The predicted octanol–water partition coefficient (Wildman–Crippen LogP) is 3.50. The number of likely N-dealkylation sites (N-methyl/N-ethyl adjacent to an activating group) is 1. The molecule has 1 aliphatic carbocycles. The molecule has 114 valence electrons. The van der Waals surface area contributed by atoms with Gasteiger partial charge in [-0.15, -0.1) is 0 Å². The third-order valence-electron chi connectivity index (χ3n) is 4.34. The van der Waals surface area contributed by atoms with E-state index in [1.807, 2.05) is 6.20 Å². The molecular weight excluding hydrogens is 250 g/mol. The first-order chi connectivity index (χ1) is 9.69. The van der Waals surface area contributed by atoms with Crippen LogP contribution in [0.1, 0.15) is 70.5 Å². The average molecular weight is 279 g/mol. The second kappa shape index (κ2) is 7.11. The smallest absolute Gasteiger partial charge is 0.160 e. The summed E-state index contributed by atoms with van der Waals surface area (Å²) in [4.78, 5) is 0. The summed E-state index contributed by atoms with van der Waals surface area (Å²) in [6.45, 7) is 7.60. The summed E-state index contributed by atoms with van der Waals surface area (Å²) in [6.07, 6.45) is 8.34. The van der Waals surface area contributed by atoms with Gasteiger partial charge in [0.25, 0.3) is 0 Å². The van der Waals surface area contributed by atoms with E-state index in [-0.39, 0.29) is 0 Å². The highest BCUT2D eigenvalue weighted by molar-refractivity contribution is 5.30. The minimum Gasteiger partial charge on any atom is -0.493 e. The molecule has 1 saturated carbocycles. The Morgan fingerprint density at radius 3 is 2.75 bits per heavy atom. The standard InChI is InChI=1S/C16H29N3O/c1-5-17-14-10-8-6-7-9-13(14)16-15(20-4)11-18-19(16)12(2)3/h11-14,17H,5-10H2,1-4H3. The van der Waals surface area contributed by atoms with Crippen LogP contribution in [0, 0.1) is 0 Å². The van der Waals surface area contributed by atoms with Gasteiger partial charge < -0.3 is 10.1 Å².